The summed E-state index contributed by atoms with van der Waals surface area (Å²) in [6, 6.07) is 3.34. The van der Waals surface area contributed by atoms with E-state index in [1.54, 1.807) is 11.6 Å². The van der Waals surface area contributed by atoms with E-state index < -0.39 is 11.5 Å². The van der Waals surface area contributed by atoms with E-state index in [1.165, 1.54) is 23.9 Å². The van der Waals surface area contributed by atoms with Crippen LogP contribution in [0.1, 0.15) is 36.1 Å². The van der Waals surface area contributed by atoms with Crippen LogP contribution >= 0.6 is 11.3 Å². The summed E-state index contributed by atoms with van der Waals surface area (Å²) in [5.41, 5.74) is -0.514. The average Bonchev–Trinajstić information content (AvgIpc) is 3.25. The number of thiophene rings is 1. The number of amides is 1. The molecule has 2 N–H and O–H groups in total. The first-order valence-electron chi connectivity index (χ1n) is 7.42. The summed E-state index contributed by atoms with van der Waals surface area (Å²) in [7, 11) is 0. The highest BCUT2D eigenvalue weighted by Crippen LogP contribution is 2.19. The lowest BCUT2D eigenvalue weighted by molar-refractivity contribution is 0.0935. The van der Waals surface area contributed by atoms with Crippen molar-refractivity contribution in [3.63, 3.8) is 0 Å². The van der Waals surface area contributed by atoms with Crippen LogP contribution in [0.15, 0.2) is 34.8 Å². The molecule has 9 heteroatoms. The Morgan fingerprint density at radius 2 is 2.29 bits per heavy atom. The number of aryl methyl sites for hydroxylation is 1. The van der Waals surface area contributed by atoms with Gasteiger partial charge in [0.1, 0.15) is 23.5 Å². The minimum absolute atomic E-state index is 0.0373. The van der Waals surface area contributed by atoms with Crippen molar-refractivity contribution >= 4 is 17.2 Å². The third-order valence-corrected chi connectivity index (χ3v) is 4.36. The molecule has 24 heavy (non-hydrogen) atoms. The Hall–Kier alpha value is -2.81. The lowest BCUT2D eigenvalue weighted by Gasteiger charge is -2.13. The van der Waals surface area contributed by atoms with Gasteiger partial charge in [-0.1, -0.05) is 6.07 Å². The molecule has 0 bridgehead atoms. The van der Waals surface area contributed by atoms with Crippen LogP contribution in [-0.4, -0.2) is 30.6 Å². The van der Waals surface area contributed by atoms with Gasteiger partial charge in [0.25, 0.3) is 11.5 Å². The van der Waals surface area contributed by atoms with Crippen LogP contribution in [0, 0.1) is 0 Å². The molecule has 3 aromatic heterocycles. The van der Waals surface area contributed by atoms with Crippen molar-refractivity contribution in [3.8, 4) is 10.7 Å². The monoisotopic (exact) mass is 344 g/mol. The van der Waals surface area contributed by atoms with Crippen molar-refractivity contribution in [1.82, 2.24) is 30.0 Å². The third kappa shape index (κ3) is 3.11. The molecule has 0 spiro atoms. The highest BCUT2D eigenvalue weighted by atomic mass is 32.1. The standard InChI is InChI=1S/C15H16N6O2S/c1-3-21-13(17-8-18-21)9(2)19-14(22)10-7-16-12(20-15(10)23)11-5-4-6-24-11/h4-9H,3H2,1-2H3,(H,19,22)(H,16,20,23). The molecule has 0 aliphatic carbocycles. The number of carbonyl (C=O) groups excluding carboxylic acids is 1. The third-order valence-electron chi connectivity index (χ3n) is 3.48. The van der Waals surface area contributed by atoms with E-state index in [4.69, 9.17) is 0 Å². The summed E-state index contributed by atoms with van der Waals surface area (Å²) in [5.74, 6) is 0.579. The van der Waals surface area contributed by atoms with Crippen molar-refractivity contribution in [2.24, 2.45) is 0 Å². The molecular weight excluding hydrogens is 328 g/mol. The van der Waals surface area contributed by atoms with E-state index in [9.17, 15) is 9.59 Å². The maximum absolute atomic E-state index is 12.3. The van der Waals surface area contributed by atoms with E-state index in [0.29, 0.717) is 18.2 Å². The Morgan fingerprint density at radius 1 is 1.46 bits per heavy atom. The minimum atomic E-state index is -0.500. The van der Waals surface area contributed by atoms with Gasteiger partial charge in [0.2, 0.25) is 0 Å². The molecule has 0 radical (unpaired) electrons. The highest BCUT2D eigenvalue weighted by molar-refractivity contribution is 7.13. The van der Waals surface area contributed by atoms with Crippen LogP contribution in [0.5, 0.6) is 0 Å². The number of aromatic nitrogens is 5. The van der Waals surface area contributed by atoms with Crippen LogP contribution in [0.4, 0.5) is 0 Å². The SMILES string of the molecule is CCn1ncnc1C(C)NC(=O)c1cnc(-c2cccs2)[nH]c1=O. The maximum Gasteiger partial charge on any atom is 0.264 e. The number of nitrogens with one attached hydrogen (secondary N) is 2. The number of nitrogens with zero attached hydrogens (tertiary/aromatic N) is 4. The van der Waals surface area contributed by atoms with Gasteiger partial charge >= 0.3 is 0 Å². The molecule has 0 aliphatic rings. The molecule has 3 heterocycles. The second-order valence-corrected chi connectivity index (χ2v) is 6.03. The Labute approximate surface area is 141 Å². The number of hydrogen-bond acceptors (Lipinski definition) is 6. The molecule has 3 aromatic rings. The number of hydrogen-bond donors (Lipinski definition) is 2. The van der Waals surface area contributed by atoms with E-state index in [-0.39, 0.29) is 11.6 Å². The fourth-order valence-electron chi connectivity index (χ4n) is 2.29. The first kappa shape index (κ1) is 16.1. The number of aromatic amines is 1. The zero-order valence-electron chi connectivity index (χ0n) is 13.2. The largest absolute Gasteiger partial charge is 0.342 e. The predicted molar refractivity (Wildman–Crippen MR) is 89.7 cm³/mol. The lowest BCUT2D eigenvalue weighted by Crippen LogP contribution is -2.33. The Bertz CT molecular complexity index is 899. The van der Waals surface area contributed by atoms with E-state index in [1.807, 2.05) is 24.4 Å². The van der Waals surface area contributed by atoms with Gasteiger partial charge in [0, 0.05) is 12.7 Å². The minimum Gasteiger partial charge on any atom is -0.342 e. The first-order chi connectivity index (χ1) is 11.6. The topological polar surface area (TPSA) is 106 Å². The number of H-pyrrole nitrogens is 1. The molecule has 0 saturated heterocycles. The Kier molecular flexibility index (Phi) is 4.52. The van der Waals surface area contributed by atoms with Gasteiger partial charge in [0.15, 0.2) is 0 Å². The molecule has 124 valence electrons. The Morgan fingerprint density at radius 3 is 2.96 bits per heavy atom. The predicted octanol–water partition coefficient (Wildman–Crippen LogP) is 1.60. The van der Waals surface area contributed by atoms with Gasteiger partial charge in [-0.15, -0.1) is 11.3 Å². The zero-order valence-corrected chi connectivity index (χ0v) is 14.0. The first-order valence-corrected chi connectivity index (χ1v) is 8.30. The fraction of sp³-hybridized carbons (Fsp3) is 0.267. The van der Waals surface area contributed by atoms with Gasteiger partial charge in [-0.3, -0.25) is 9.59 Å². The summed E-state index contributed by atoms with van der Waals surface area (Å²) in [4.78, 5) is 36.3. The van der Waals surface area contributed by atoms with Crippen LogP contribution in [0.3, 0.4) is 0 Å². The van der Waals surface area contributed by atoms with Crippen molar-refractivity contribution in [2.75, 3.05) is 0 Å². The second-order valence-electron chi connectivity index (χ2n) is 5.08. The summed E-state index contributed by atoms with van der Waals surface area (Å²) in [6.45, 7) is 4.37. The van der Waals surface area contributed by atoms with Crippen LogP contribution in [0.25, 0.3) is 10.7 Å². The van der Waals surface area contributed by atoms with Crippen molar-refractivity contribution in [2.45, 2.75) is 26.4 Å². The van der Waals surface area contributed by atoms with Crippen LogP contribution in [0.2, 0.25) is 0 Å². The van der Waals surface area contributed by atoms with Gasteiger partial charge in [0.05, 0.1) is 10.9 Å². The molecule has 0 fully saturated rings. The van der Waals surface area contributed by atoms with Crippen LogP contribution < -0.4 is 10.9 Å². The fourth-order valence-corrected chi connectivity index (χ4v) is 2.96. The van der Waals surface area contributed by atoms with Gasteiger partial charge in [-0.25, -0.2) is 14.6 Å². The molecule has 0 saturated carbocycles. The summed E-state index contributed by atoms with van der Waals surface area (Å²) >= 11 is 1.46. The summed E-state index contributed by atoms with van der Waals surface area (Å²) < 4.78 is 1.69. The molecular formula is C15H16N6O2S. The maximum atomic E-state index is 12.3. The molecule has 1 amide bonds. The quantitative estimate of drug-likeness (QED) is 0.731. The van der Waals surface area contributed by atoms with Gasteiger partial charge < -0.3 is 10.3 Å². The molecule has 1 atom stereocenters. The van der Waals surface area contributed by atoms with Crippen LogP contribution in [-0.2, 0) is 6.54 Å². The van der Waals surface area contributed by atoms with E-state index in [0.717, 1.165) is 4.88 Å². The van der Waals surface area contributed by atoms with E-state index >= 15 is 0 Å². The summed E-state index contributed by atoms with van der Waals surface area (Å²) in [6.07, 6.45) is 2.73. The van der Waals surface area contributed by atoms with E-state index in [2.05, 4.69) is 25.4 Å². The van der Waals surface area contributed by atoms with Gasteiger partial charge in [-0.05, 0) is 25.3 Å². The molecule has 1 unspecified atom stereocenters. The second kappa shape index (κ2) is 6.75. The van der Waals surface area contributed by atoms with Gasteiger partial charge in [-0.2, -0.15) is 5.10 Å². The van der Waals surface area contributed by atoms with Crippen molar-refractivity contribution in [3.05, 3.63) is 51.8 Å². The zero-order chi connectivity index (χ0) is 17.1. The molecule has 3 rings (SSSR count). The van der Waals surface area contributed by atoms with Crippen molar-refractivity contribution in [1.29, 1.82) is 0 Å². The average molecular weight is 344 g/mol. The molecule has 8 nitrogen and oxygen atoms in total. The lowest BCUT2D eigenvalue weighted by atomic mass is 10.2. The molecule has 0 aliphatic heterocycles. The summed E-state index contributed by atoms with van der Waals surface area (Å²) in [5, 5.41) is 8.71. The highest BCUT2D eigenvalue weighted by Gasteiger charge is 2.19. The number of carbonyl (C=O) groups is 1. The van der Waals surface area contributed by atoms with Crippen molar-refractivity contribution < 1.29 is 4.79 Å². The number of rotatable bonds is 5. The molecule has 0 aromatic carbocycles. The normalized spacial score (nSPS) is 12.1. The smallest absolute Gasteiger partial charge is 0.264 e. The Balaban J connectivity index is 1.79.